The van der Waals surface area contributed by atoms with Crippen LogP contribution in [-0.4, -0.2) is 22.8 Å². The third kappa shape index (κ3) is 4.77. The summed E-state index contributed by atoms with van der Waals surface area (Å²) in [6.45, 7) is 3.49. The summed E-state index contributed by atoms with van der Waals surface area (Å²) >= 11 is 3.48. The highest BCUT2D eigenvalue weighted by atomic mass is 79.9. The molecular formula is C21H22BrN3O2. The molecule has 0 saturated carbocycles. The van der Waals surface area contributed by atoms with Crippen molar-refractivity contribution in [3.05, 3.63) is 64.3 Å². The number of hydrogen-bond donors (Lipinski definition) is 3. The highest BCUT2D eigenvalue weighted by Crippen LogP contribution is 2.24. The van der Waals surface area contributed by atoms with Crippen LogP contribution in [0, 0.1) is 0 Å². The van der Waals surface area contributed by atoms with Crippen molar-refractivity contribution in [1.29, 1.82) is 0 Å². The molecule has 140 valence electrons. The minimum Gasteiger partial charge on any atom is -0.361 e. The molecule has 0 aliphatic rings. The van der Waals surface area contributed by atoms with Crippen LogP contribution in [0.25, 0.3) is 10.9 Å². The van der Waals surface area contributed by atoms with E-state index in [0.717, 1.165) is 38.6 Å². The number of aromatic nitrogens is 1. The first-order valence-electron chi connectivity index (χ1n) is 8.88. The molecule has 2 aromatic carbocycles. The lowest BCUT2D eigenvalue weighted by Gasteiger charge is -2.18. The zero-order valence-electron chi connectivity index (χ0n) is 15.3. The Morgan fingerprint density at radius 1 is 1.19 bits per heavy atom. The van der Waals surface area contributed by atoms with Crippen LogP contribution in [0.4, 0.5) is 5.69 Å². The summed E-state index contributed by atoms with van der Waals surface area (Å²) in [4.78, 5) is 27.7. The second-order valence-corrected chi connectivity index (χ2v) is 7.42. The Hall–Kier alpha value is -2.60. The van der Waals surface area contributed by atoms with Crippen molar-refractivity contribution in [2.45, 2.75) is 32.7 Å². The van der Waals surface area contributed by atoms with E-state index < -0.39 is 6.04 Å². The number of H-pyrrole nitrogens is 1. The fourth-order valence-corrected chi connectivity index (χ4v) is 3.45. The number of carbonyl (C=O) groups is 2. The highest BCUT2D eigenvalue weighted by Gasteiger charge is 2.22. The van der Waals surface area contributed by atoms with E-state index in [4.69, 9.17) is 0 Å². The number of aromatic amines is 1. The number of amides is 2. The van der Waals surface area contributed by atoms with Crippen molar-refractivity contribution in [3.8, 4) is 0 Å². The van der Waals surface area contributed by atoms with Crippen molar-refractivity contribution in [2.75, 3.05) is 5.32 Å². The third-order valence-electron chi connectivity index (χ3n) is 4.45. The topological polar surface area (TPSA) is 74.0 Å². The molecule has 27 heavy (non-hydrogen) atoms. The standard InChI is InChI=1S/C21H22BrN3O2/c1-3-14-5-4-6-17(9-14)25-21(27)20(24-13(2)26)10-15-12-23-19-8-7-16(22)11-18(15)19/h4-9,11-12,20,23H,3,10H2,1-2H3,(H,24,26)(H,25,27)/t20-/m0/s1. The van der Waals surface area contributed by atoms with Crippen molar-refractivity contribution < 1.29 is 9.59 Å². The Labute approximate surface area is 166 Å². The summed E-state index contributed by atoms with van der Waals surface area (Å²) < 4.78 is 0.966. The summed E-state index contributed by atoms with van der Waals surface area (Å²) in [5.41, 5.74) is 3.84. The highest BCUT2D eigenvalue weighted by molar-refractivity contribution is 9.10. The molecule has 3 rings (SSSR count). The summed E-state index contributed by atoms with van der Waals surface area (Å²) in [6.07, 6.45) is 3.18. The molecule has 1 atom stereocenters. The predicted octanol–water partition coefficient (Wildman–Crippen LogP) is 4.18. The number of rotatable bonds is 6. The van der Waals surface area contributed by atoms with Gasteiger partial charge in [0.2, 0.25) is 11.8 Å². The van der Waals surface area contributed by atoms with Gasteiger partial charge in [-0.25, -0.2) is 0 Å². The van der Waals surface area contributed by atoms with E-state index in [1.165, 1.54) is 6.92 Å². The van der Waals surface area contributed by atoms with Crippen molar-refractivity contribution in [2.24, 2.45) is 0 Å². The van der Waals surface area contributed by atoms with Gasteiger partial charge in [0.1, 0.15) is 6.04 Å². The molecule has 2 amide bonds. The van der Waals surface area contributed by atoms with E-state index in [2.05, 4.69) is 38.5 Å². The van der Waals surface area contributed by atoms with E-state index in [1.807, 2.05) is 48.7 Å². The van der Waals surface area contributed by atoms with Crippen molar-refractivity contribution in [1.82, 2.24) is 10.3 Å². The lowest BCUT2D eigenvalue weighted by Crippen LogP contribution is -2.44. The molecule has 3 N–H and O–H groups in total. The lowest BCUT2D eigenvalue weighted by molar-refractivity contribution is -0.125. The molecular weight excluding hydrogens is 406 g/mol. The van der Waals surface area contributed by atoms with Crippen LogP contribution in [0.5, 0.6) is 0 Å². The van der Waals surface area contributed by atoms with Gasteiger partial charge in [0, 0.05) is 40.6 Å². The van der Waals surface area contributed by atoms with Gasteiger partial charge in [0.05, 0.1) is 0 Å². The molecule has 0 radical (unpaired) electrons. The number of benzene rings is 2. The second kappa shape index (κ2) is 8.39. The van der Waals surface area contributed by atoms with Gasteiger partial charge in [-0.05, 0) is 47.9 Å². The van der Waals surface area contributed by atoms with Gasteiger partial charge in [-0.1, -0.05) is 35.0 Å². The molecule has 0 unspecified atom stereocenters. The van der Waals surface area contributed by atoms with Gasteiger partial charge >= 0.3 is 0 Å². The molecule has 6 heteroatoms. The number of aryl methyl sites for hydroxylation is 1. The maximum atomic E-state index is 12.8. The van der Waals surface area contributed by atoms with Crippen LogP contribution in [0.3, 0.4) is 0 Å². The maximum Gasteiger partial charge on any atom is 0.247 e. The zero-order chi connectivity index (χ0) is 19.4. The average molecular weight is 428 g/mol. The molecule has 0 saturated heterocycles. The Bertz CT molecular complexity index is 980. The van der Waals surface area contributed by atoms with Gasteiger partial charge in [0.15, 0.2) is 0 Å². The minimum atomic E-state index is -0.661. The summed E-state index contributed by atoms with van der Waals surface area (Å²) in [7, 11) is 0. The molecule has 0 aliphatic heterocycles. The second-order valence-electron chi connectivity index (χ2n) is 6.50. The monoisotopic (exact) mass is 427 g/mol. The number of halogens is 1. The van der Waals surface area contributed by atoms with Gasteiger partial charge in [-0.3, -0.25) is 9.59 Å². The summed E-state index contributed by atoms with van der Waals surface area (Å²) in [5, 5.41) is 6.72. The molecule has 0 fully saturated rings. The fraction of sp³-hybridized carbons (Fsp3) is 0.238. The number of carbonyl (C=O) groups excluding carboxylic acids is 2. The SMILES string of the molecule is CCc1cccc(NC(=O)[C@H](Cc2c[nH]c3ccc(Br)cc23)NC(C)=O)c1. The molecule has 1 heterocycles. The van der Waals surface area contributed by atoms with Crippen LogP contribution >= 0.6 is 15.9 Å². The lowest BCUT2D eigenvalue weighted by atomic mass is 10.0. The molecule has 0 bridgehead atoms. The molecule has 0 aliphatic carbocycles. The minimum absolute atomic E-state index is 0.234. The van der Waals surface area contributed by atoms with Crippen LogP contribution in [0.1, 0.15) is 25.0 Å². The zero-order valence-corrected chi connectivity index (χ0v) is 16.9. The largest absolute Gasteiger partial charge is 0.361 e. The molecule has 0 spiro atoms. The van der Waals surface area contributed by atoms with Crippen LogP contribution in [0.15, 0.2) is 53.1 Å². The van der Waals surface area contributed by atoms with E-state index in [1.54, 1.807) is 0 Å². The normalized spacial score (nSPS) is 12.0. The summed E-state index contributed by atoms with van der Waals surface area (Å²) in [6, 6.07) is 13.0. The first kappa shape index (κ1) is 19.2. The molecule has 1 aromatic heterocycles. The first-order chi connectivity index (χ1) is 13.0. The summed E-state index contributed by atoms with van der Waals surface area (Å²) in [5.74, 6) is -0.471. The van der Waals surface area contributed by atoms with Gasteiger partial charge in [-0.2, -0.15) is 0 Å². The fourth-order valence-electron chi connectivity index (χ4n) is 3.09. The van der Waals surface area contributed by atoms with Crippen molar-refractivity contribution >= 4 is 44.3 Å². The Morgan fingerprint density at radius 3 is 2.74 bits per heavy atom. The smallest absolute Gasteiger partial charge is 0.247 e. The van der Waals surface area contributed by atoms with E-state index >= 15 is 0 Å². The number of hydrogen-bond acceptors (Lipinski definition) is 2. The average Bonchev–Trinajstić information content (AvgIpc) is 3.03. The first-order valence-corrected chi connectivity index (χ1v) is 9.68. The third-order valence-corrected chi connectivity index (χ3v) is 4.94. The number of fused-ring (bicyclic) bond motifs is 1. The van der Waals surface area contributed by atoms with Crippen LogP contribution in [-0.2, 0) is 22.4 Å². The van der Waals surface area contributed by atoms with E-state index in [9.17, 15) is 9.59 Å². The van der Waals surface area contributed by atoms with E-state index in [0.29, 0.717) is 6.42 Å². The Kier molecular flexibility index (Phi) is 5.96. The Morgan fingerprint density at radius 2 is 2.00 bits per heavy atom. The molecule has 3 aromatic rings. The van der Waals surface area contributed by atoms with Gasteiger partial charge in [-0.15, -0.1) is 0 Å². The van der Waals surface area contributed by atoms with E-state index in [-0.39, 0.29) is 11.8 Å². The van der Waals surface area contributed by atoms with Crippen molar-refractivity contribution in [3.63, 3.8) is 0 Å². The number of nitrogens with one attached hydrogen (secondary N) is 3. The Balaban J connectivity index is 1.83. The number of anilines is 1. The quantitative estimate of drug-likeness (QED) is 0.551. The van der Waals surface area contributed by atoms with Crippen LogP contribution < -0.4 is 10.6 Å². The van der Waals surface area contributed by atoms with Gasteiger partial charge < -0.3 is 15.6 Å². The molecule has 5 nitrogen and oxygen atoms in total. The maximum absolute atomic E-state index is 12.8. The van der Waals surface area contributed by atoms with Crippen LogP contribution in [0.2, 0.25) is 0 Å². The van der Waals surface area contributed by atoms with Gasteiger partial charge in [0.25, 0.3) is 0 Å². The predicted molar refractivity (Wildman–Crippen MR) is 112 cm³/mol.